The number of carbonyl (C=O) groups is 1. The molecule has 2 aromatic carbocycles. The quantitative estimate of drug-likeness (QED) is 0.507. The number of amides is 1. The smallest absolute Gasteiger partial charge is 0.247 e. The number of imidazole rings is 1. The Morgan fingerprint density at radius 3 is 2.82 bits per heavy atom. The number of phenolic OH excluding ortho intramolecular Hbond substituents is 1. The lowest BCUT2D eigenvalue weighted by atomic mass is 10.2. The van der Waals surface area contributed by atoms with E-state index in [-0.39, 0.29) is 18.1 Å². The molecular formula is C16H14N4O2. The van der Waals surface area contributed by atoms with Gasteiger partial charge in [-0.25, -0.2) is 10.4 Å². The SMILES string of the molecule is O=C(Cc1nc2ccccc2[nH]1)NN=Cc1ccccc1O. The van der Waals surface area contributed by atoms with Gasteiger partial charge in [0.25, 0.3) is 0 Å². The lowest BCUT2D eigenvalue weighted by molar-refractivity contribution is -0.120. The van der Waals surface area contributed by atoms with Crippen molar-refractivity contribution in [1.29, 1.82) is 0 Å². The highest BCUT2D eigenvalue weighted by atomic mass is 16.3. The molecule has 3 rings (SSSR count). The van der Waals surface area contributed by atoms with E-state index < -0.39 is 0 Å². The van der Waals surface area contributed by atoms with E-state index in [0.717, 1.165) is 11.0 Å². The van der Waals surface area contributed by atoms with Gasteiger partial charge in [-0.1, -0.05) is 24.3 Å². The van der Waals surface area contributed by atoms with Crippen molar-refractivity contribution in [2.75, 3.05) is 0 Å². The van der Waals surface area contributed by atoms with Crippen LogP contribution in [0.2, 0.25) is 0 Å². The normalized spacial score (nSPS) is 11.1. The first-order valence-electron chi connectivity index (χ1n) is 6.76. The predicted octanol–water partition coefficient (Wildman–Crippen LogP) is 1.96. The summed E-state index contributed by atoms with van der Waals surface area (Å²) in [6.45, 7) is 0. The molecule has 110 valence electrons. The first kappa shape index (κ1) is 13.8. The maximum absolute atomic E-state index is 11.8. The summed E-state index contributed by atoms with van der Waals surface area (Å²) in [4.78, 5) is 19.2. The Morgan fingerprint density at radius 2 is 2.00 bits per heavy atom. The van der Waals surface area contributed by atoms with E-state index in [1.165, 1.54) is 6.21 Å². The van der Waals surface area contributed by atoms with Gasteiger partial charge in [-0.15, -0.1) is 0 Å². The minimum Gasteiger partial charge on any atom is -0.507 e. The predicted molar refractivity (Wildman–Crippen MR) is 83.6 cm³/mol. The average Bonchev–Trinajstić information content (AvgIpc) is 2.91. The van der Waals surface area contributed by atoms with E-state index in [0.29, 0.717) is 11.4 Å². The Labute approximate surface area is 126 Å². The maximum Gasteiger partial charge on any atom is 0.247 e. The van der Waals surface area contributed by atoms with Gasteiger partial charge >= 0.3 is 0 Å². The van der Waals surface area contributed by atoms with E-state index >= 15 is 0 Å². The van der Waals surface area contributed by atoms with Crippen LogP contribution in [0.5, 0.6) is 5.75 Å². The molecule has 0 aliphatic carbocycles. The highest BCUT2D eigenvalue weighted by Gasteiger charge is 2.07. The molecule has 22 heavy (non-hydrogen) atoms. The molecule has 0 unspecified atom stereocenters. The fourth-order valence-corrected chi connectivity index (χ4v) is 2.05. The minimum atomic E-state index is -0.286. The second kappa shape index (κ2) is 6.09. The molecule has 0 saturated heterocycles. The van der Waals surface area contributed by atoms with Crippen LogP contribution in [-0.4, -0.2) is 27.2 Å². The van der Waals surface area contributed by atoms with Crippen molar-refractivity contribution in [3.63, 3.8) is 0 Å². The third kappa shape index (κ3) is 3.12. The van der Waals surface area contributed by atoms with Gasteiger partial charge in [0.05, 0.1) is 23.7 Å². The van der Waals surface area contributed by atoms with Crippen LogP contribution in [0.15, 0.2) is 53.6 Å². The van der Waals surface area contributed by atoms with Gasteiger partial charge in [-0.3, -0.25) is 4.79 Å². The van der Waals surface area contributed by atoms with Crippen molar-refractivity contribution >= 4 is 23.2 Å². The molecule has 1 aromatic heterocycles. The van der Waals surface area contributed by atoms with E-state index in [2.05, 4.69) is 20.5 Å². The maximum atomic E-state index is 11.8. The van der Waals surface area contributed by atoms with Gasteiger partial charge in [0, 0.05) is 5.56 Å². The Balaban J connectivity index is 1.62. The molecule has 0 atom stereocenters. The molecule has 3 aromatic rings. The van der Waals surface area contributed by atoms with Crippen LogP contribution in [0, 0.1) is 0 Å². The van der Waals surface area contributed by atoms with E-state index in [4.69, 9.17) is 0 Å². The molecule has 0 fully saturated rings. The van der Waals surface area contributed by atoms with Crippen LogP contribution in [0.4, 0.5) is 0 Å². The van der Waals surface area contributed by atoms with Crippen molar-refractivity contribution < 1.29 is 9.90 Å². The van der Waals surface area contributed by atoms with Crippen LogP contribution in [0.1, 0.15) is 11.4 Å². The lowest BCUT2D eigenvalue weighted by Gasteiger charge is -1.98. The summed E-state index contributed by atoms with van der Waals surface area (Å²) < 4.78 is 0. The number of fused-ring (bicyclic) bond motifs is 1. The van der Waals surface area contributed by atoms with Crippen LogP contribution in [0.3, 0.4) is 0 Å². The number of para-hydroxylation sites is 3. The zero-order valence-electron chi connectivity index (χ0n) is 11.7. The second-order valence-corrected chi connectivity index (χ2v) is 4.73. The largest absolute Gasteiger partial charge is 0.507 e. The number of benzene rings is 2. The number of nitrogens with one attached hydrogen (secondary N) is 2. The molecule has 1 amide bonds. The number of carbonyl (C=O) groups excluding carboxylic acids is 1. The number of rotatable bonds is 4. The molecule has 0 spiro atoms. The monoisotopic (exact) mass is 294 g/mol. The fourth-order valence-electron chi connectivity index (χ4n) is 2.05. The summed E-state index contributed by atoms with van der Waals surface area (Å²) in [5.74, 6) is 0.403. The van der Waals surface area contributed by atoms with Gasteiger partial charge in [0.1, 0.15) is 11.6 Å². The summed E-state index contributed by atoms with van der Waals surface area (Å²) in [5, 5.41) is 13.4. The number of hydrogen-bond acceptors (Lipinski definition) is 4. The Hall–Kier alpha value is -3.15. The molecule has 1 heterocycles. The van der Waals surface area contributed by atoms with Gasteiger partial charge in [-0.05, 0) is 24.3 Å². The Bertz CT molecular complexity index is 806. The molecule has 3 N–H and O–H groups in total. The number of aromatic hydroxyl groups is 1. The van der Waals surface area contributed by atoms with Crippen molar-refractivity contribution in [1.82, 2.24) is 15.4 Å². The zero-order valence-corrected chi connectivity index (χ0v) is 11.7. The number of hydrogen-bond donors (Lipinski definition) is 3. The minimum absolute atomic E-state index is 0.104. The topological polar surface area (TPSA) is 90.4 Å². The van der Waals surface area contributed by atoms with Crippen LogP contribution >= 0.6 is 0 Å². The highest BCUT2D eigenvalue weighted by Crippen LogP contribution is 2.12. The Kier molecular flexibility index (Phi) is 3.82. The van der Waals surface area contributed by atoms with Gasteiger partial charge in [0.15, 0.2) is 0 Å². The zero-order chi connectivity index (χ0) is 15.4. The summed E-state index contributed by atoms with van der Waals surface area (Å²) >= 11 is 0. The molecule has 6 nitrogen and oxygen atoms in total. The third-order valence-corrected chi connectivity index (χ3v) is 3.10. The summed E-state index contributed by atoms with van der Waals surface area (Å²) in [7, 11) is 0. The highest BCUT2D eigenvalue weighted by molar-refractivity contribution is 5.85. The first-order valence-corrected chi connectivity index (χ1v) is 6.76. The summed E-state index contributed by atoms with van der Waals surface area (Å²) in [6.07, 6.45) is 1.50. The Morgan fingerprint density at radius 1 is 1.23 bits per heavy atom. The van der Waals surface area contributed by atoms with E-state index in [9.17, 15) is 9.90 Å². The number of aromatic amines is 1. The summed E-state index contributed by atoms with van der Waals surface area (Å²) in [5.41, 5.74) is 4.66. The molecule has 0 bridgehead atoms. The summed E-state index contributed by atoms with van der Waals surface area (Å²) in [6, 6.07) is 14.3. The van der Waals surface area contributed by atoms with Crippen LogP contribution < -0.4 is 5.43 Å². The van der Waals surface area contributed by atoms with Gasteiger partial charge in [-0.2, -0.15) is 5.10 Å². The lowest BCUT2D eigenvalue weighted by Crippen LogP contribution is -2.20. The number of nitrogens with zero attached hydrogens (tertiary/aromatic N) is 2. The first-order chi connectivity index (χ1) is 10.7. The van der Waals surface area contributed by atoms with Gasteiger partial charge in [0.2, 0.25) is 5.91 Å². The average molecular weight is 294 g/mol. The molecule has 6 heteroatoms. The molecule has 0 radical (unpaired) electrons. The second-order valence-electron chi connectivity index (χ2n) is 4.73. The molecule has 0 aliphatic heterocycles. The van der Waals surface area contributed by atoms with E-state index in [1.54, 1.807) is 24.3 Å². The number of aromatic nitrogens is 2. The number of H-pyrrole nitrogens is 1. The van der Waals surface area contributed by atoms with E-state index in [1.807, 2.05) is 24.3 Å². The number of phenols is 1. The number of hydrazone groups is 1. The van der Waals surface area contributed by atoms with Crippen molar-refractivity contribution in [2.45, 2.75) is 6.42 Å². The van der Waals surface area contributed by atoms with Gasteiger partial charge < -0.3 is 10.1 Å². The standard InChI is InChI=1S/C16H14N4O2/c21-14-8-4-1-5-11(14)10-17-20-16(22)9-15-18-12-6-2-3-7-13(12)19-15/h1-8,10,21H,9H2,(H,18,19)(H,20,22). The molecule has 0 aliphatic rings. The van der Waals surface area contributed by atoms with Crippen molar-refractivity contribution in [3.8, 4) is 5.75 Å². The van der Waals surface area contributed by atoms with Crippen LogP contribution in [-0.2, 0) is 11.2 Å². The third-order valence-electron chi connectivity index (χ3n) is 3.10. The molecular weight excluding hydrogens is 280 g/mol. The van der Waals surface area contributed by atoms with Crippen molar-refractivity contribution in [2.24, 2.45) is 5.10 Å². The van der Waals surface area contributed by atoms with Crippen LogP contribution in [0.25, 0.3) is 11.0 Å². The fraction of sp³-hybridized carbons (Fsp3) is 0.0625. The molecule has 0 saturated carbocycles. The van der Waals surface area contributed by atoms with Crippen molar-refractivity contribution in [3.05, 3.63) is 59.9 Å².